The highest BCUT2D eigenvalue weighted by Crippen LogP contribution is 2.34. The summed E-state index contributed by atoms with van der Waals surface area (Å²) in [6, 6.07) is 12.0. The fourth-order valence-electron chi connectivity index (χ4n) is 5.21. The lowest BCUT2D eigenvalue weighted by atomic mass is 9.93. The molecular weight excluding hydrogens is 521 g/mol. The van der Waals surface area contributed by atoms with Gasteiger partial charge in [0.2, 0.25) is 0 Å². The van der Waals surface area contributed by atoms with Crippen LogP contribution in [0.4, 0.5) is 15.9 Å². The zero-order chi connectivity index (χ0) is 28.7. The summed E-state index contributed by atoms with van der Waals surface area (Å²) in [5, 5.41) is 28.6. The summed E-state index contributed by atoms with van der Waals surface area (Å²) in [5.74, 6) is 0.901. The number of pyridine rings is 3. The molecule has 1 N–H and O–H groups in total. The van der Waals surface area contributed by atoms with Crippen LogP contribution in [0.3, 0.4) is 0 Å². The molecule has 1 aliphatic rings. The first-order valence-corrected chi connectivity index (χ1v) is 13.5. The van der Waals surface area contributed by atoms with E-state index in [1.807, 2.05) is 50.6 Å². The first kappa shape index (κ1) is 26.4. The van der Waals surface area contributed by atoms with E-state index in [1.54, 1.807) is 16.9 Å². The third-order valence-corrected chi connectivity index (χ3v) is 7.96. The van der Waals surface area contributed by atoms with Crippen molar-refractivity contribution in [2.75, 3.05) is 29.9 Å². The third-order valence-electron chi connectivity index (χ3n) is 7.96. The molecule has 0 aliphatic carbocycles. The summed E-state index contributed by atoms with van der Waals surface area (Å²) in [6.07, 6.45) is 10.9. The summed E-state index contributed by atoms with van der Waals surface area (Å²) >= 11 is 0. The van der Waals surface area contributed by atoms with E-state index < -0.39 is 11.4 Å². The van der Waals surface area contributed by atoms with E-state index in [-0.39, 0.29) is 6.04 Å². The van der Waals surface area contributed by atoms with Crippen molar-refractivity contribution in [1.82, 2.24) is 29.4 Å². The topological polar surface area (TPSA) is 111 Å². The number of piperidine rings is 1. The number of nitrogens with zero attached hydrogens (tertiary/aromatic N) is 9. The summed E-state index contributed by atoms with van der Waals surface area (Å²) in [5.41, 5.74) is 4.29. The predicted octanol–water partition coefficient (Wildman–Crippen LogP) is 4.54. The molecule has 5 aromatic heterocycles. The van der Waals surface area contributed by atoms with Gasteiger partial charge in [-0.2, -0.15) is 15.5 Å². The van der Waals surface area contributed by atoms with Crippen LogP contribution in [0.5, 0.6) is 0 Å². The zero-order valence-electron chi connectivity index (χ0n) is 23.1. The minimum Gasteiger partial charge on any atom is -0.390 e. The Bertz CT molecular complexity index is 1720. The lowest BCUT2D eigenvalue weighted by Gasteiger charge is -2.37. The van der Waals surface area contributed by atoms with Crippen LogP contribution in [0.25, 0.3) is 22.5 Å². The molecule has 41 heavy (non-hydrogen) atoms. The molecular formula is C30H30FN9O. The van der Waals surface area contributed by atoms with E-state index in [0.29, 0.717) is 24.2 Å². The minimum atomic E-state index is -0.649. The van der Waals surface area contributed by atoms with Crippen LogP contribution < -0.4 is 9.80 Å². The van der Waals surface area contributed by atoms with Gasteiger partial charge in [0.1, 0.15) is 11.9 Å². The number of halogens is 1. The lowest BCUT2D eigenvalue weighted by molar-refractivity contribution is 0.0351. The molecule has 0 bridgehead atoms. The molecule has 1 unspecified atom stereocenters. The summed E-state index contributed by atoms with van der Waals surface area (Å²) < 4.78 is 16.5. The molecule has 5 aromatic rings. The Hall–Kier alpha value is -4.82. The van der Waals surface area contributed by atoms with Crippen molar-refractivity contribution in [3.8, 4) is 23.0 Å². The van der Waals surface area contributed by atoms with Crippen LogP contribution in [-0.2, 0) is 0 Å². The monoisotopic (exact) mass is 551 g/mol. The number of rotatable bonds is 6. The molecule has 0 spiro atoms. The fraction of sp³-hybridized carbons (Fsp3) is 0.300. The number of anilines is 2. The van der Waals surface area contributed by atoms with Crippen molar-refractivity contribution >= 4 is 17.0 Å². The van der Waals surface area contributed by atoms with Gasteiger partial charge in [0.05, 0.1) is 53.2 Å². The molecule has 10 nitrogen and oxygen atoms in total. The predicted molar refractivity (Wildman–Crippen MR) is 153 cm³/mol. The number of hydrogen-bond donors (Lipinski definition) is 1. The van der Waals surface area contributed by atoms with Gasteiger partial charge < -0.3 is 14.9 Å². The van der Waals surface area contributed by atoms with Gasteiger partial charge in [-0.1, -0.05) is 6.07 Å². The Kier molecular flexibility index (Phi) is 6.63. The highest BCUT2D eigenvalue weighted by molar-refractivity contribution is 5.86. The fourth-order valence-corrected chi connectivity index (χ4v) is 5.21. The average molecular weight is 552 g/mol. The molecule has 0 radical (unpaired) electrons. The molecule has 1 fully saturated rings. The smallest absolute Gasteiger partial charge is 0.161 e. The second-order valence-corrected chi connectivity index (χ2v) is 10.8. The highest BCUT2D eigenvalue weighted by atomic mass is 19.1. The van der Waals surface area contributed by atoms with E-state index in [4.69, 9.17) is 4.98 Å². The Morgan fingerprint density at radius 3 is 2.49 bits per heavy atom. The molecule has 0 amide bonds. The molecule has 11 heteroatoms. The Labute approximate surface area is 236 Å². The number of hydrogen-bond acceptors (Lipinski definition) is 8. The van der Waals surface area contributed by atoms with Crippen molar-refractivity contribution in [1.29, 1.82) is 5.26 Å². The van der Waals surface area contributed by atoms with E-state index in [0.717, 1.165) is 53.0 Å². The van der Waals surface area contributed by atoms with Gasteiger partial charge in [0.15, 0.2) is 11.6 Å². The van der Waals surface area contributed by atoms with Crippen LogP contribution >= 0.6 is 0 Å². The Balaban J connectivity index is 1.27. The van der Waals surface area contributed by atoms with Crippen LogP contribution in [0.15, 0.2) is 67.5 Å². The summed E-state index contributed by atoms with van der Waals surface area (Å²) in [7, 11) is 1.97. The minimum absolute atomic E-state index is 0.0318. The van der Waals surface area contributed by atoms with Gasteiger partial charge in [-0.15, -0.1) is 0 Å². The van der Waals surface area contributed by atoms with Gasteiger partial charge in [-0.05, 0) is 56.5 Å². The van der Waals surface area contributed by atoms with Crippen LogP contribution in [0.1, 0.15) is 43.9 Å². The standard InChI is InChI=1S/C30H30FN9O/c1-20(21-4-7-28(34-14-21)39-18-24(31)17-36-39)37(3)27-6-5-22(15-33-27)26-12-25(38-10-8-30(2,41)9-11-38)19-40-29(26)23(13-32)16-35-40/h4-7,12,14-20,41H,8-11H2,1-3H3. The second-order valence-electron chi connectivity index (χ2n) is 10.8. The highest BCUT2D eigenvalue weighted by Gasteiger charge is 2.28. The number of aliphatic hydroxyl groups is 1. The maximum Gasteiger partial charge on any atom is 0.161 e. The molecule has 0 aromatic carbocycles. The van der Waals surface area contributed by atoms with Gasteiger partial charge in [-0.3, -0.25) is 0 Å². The molecule has 6 heterocycles. The lowest BCUT2D eigenvalue weighted by Crippen LogP contribution is -2.42. The van der Waals surface area contributed by atoms with E-state index in [9.17, 15) is 14.8 Å². The van der Waals surface area contributed by atoms with E-state index >= 15 is 0 Å². The molecule has 208 valence electrons. The summed E-state index contributed by atoms with van der Waals surface area (Å²) in [4.78, 5) is 13.5. The maximum absolute atomic E-state index is 13.3. The Morgan fingerprint density at radius 2 is 1.85 bits per heavy atom. The molecule has 1 aliphatic heterocycles. The SMILES string of the molecule is CC(c1ccc(-n2cc(F)cn2)nc1)N(C)c1ccc(-c2cc(N3CCC(C)(O)CC3)cn3ncc(C#N)c23)cn1. The zero-order valence-corrected chi connectivity index (χ0v) is 23.1. The number of fused-ring (bicyclic) bond motifs is 1. The summed E-state index contributed by atoms with van der Waals surface area (Å²) in [6.45, 7) is 5.41. The van der Waals surface area contributed by atoms with Gasteiger partial charge >= 0.3 is 0 Å². The van der Waals surface area contributed by atoms with Crippen molar-refractivity contribution in [3.63, 3.8) is 0 Å². The van der Waals surface area contributed by atoms with Gasteiger partial charge in [0, 0.05) is 43.7 Å². The molecule has 6 rings (SSSR count). The normalized spacial score (nSPS) is 15.6. The quantitative estimate of drug-likeness (QED) is 0.328. The Morgan fingerprint density at radius 1 is 1.05 bits per heavy atom. The molecule has 1 atom stereocenters. The molecule has 0 saturated carbocycles. The van der Waals surface area contributed by atoms with E-state index in [1.165, 1.54) is 10.9 Å². The second kappa shape index (κ2) is 10.3. The maximum atomic E-state index is 13.3. The average Bonchev–Trinajstić information content (AvgIpc) is 3.62. The largest absolute Gasteiger partial charge is 0.390 e. The van der Waals surface area contributed by atoms with Crippen molar-refractivity contribution in [2.45, 2.75) is 38.3 Å². The van der Waals surface area contributed by atoms with Crippen molar-refractivity contribution in [2.24, 2.45) is 0 Å². The van der Waals surface area contributed by atoms with Crippen molar-refractivity contribution < 1.29 is 9.50 Å². The van der Waals surface area contributed by atoms with Gasteiger partial charge in [-0.25, -0.2) is 23.6 Å². The number of aromatic nitrogens is 6. The first-order chi connectivity index (χ1) is 19.7. The van der Waals surface area contributed by atoms with E-state index in [2.05, 4.69) is 44.0 Å². The van der Waals surface area contributed by atoms with Crippen LogP contribution in [0.2, 0.25) is 0 Å². The number of nitriles is 1. The first-order valence-electron chi connectivity index (χ1n) is 13.5. The third kappa shape index (κ3) is 5.10. The van der Waals surface area contributed by atoms with Crippen LogP contribution in [0, 0.1) is 17.1 Å². The molecule has 1 saturated heterocycles. The van der Waals surface area contributed by atoms with Crippen molar-refractivity contribution in [3.05, 3.63) is 84.5 Å². The van der Waals surface area contributed by atoms with Gasteiger partial charge in [0.25, 0.3) is 0 Å². The van der Waals surface area contributed by atoms with Crippen LogP contribution in [-0.4, -0.2) is 60.2 Å².